The number of rotatable bonds is 5. The molecule has 1 aromatic rings. The lowest BCUT2D eigenvalue weighted by molar-refractivity contribution is -0.153. The fraction of sp³-hybridized carbons (Fsp3) is 0.429. The highest BCUT2D eigenvalue weighted by atomic mass is 16.5. The molecule has 1 fully saturated rings. The van der Waals surface area contributed by atoms with E-state index in [2.05, 4.69) is 0 Å². The van der Waals surface area contributed by atoms with Crippen molar-refractivity contribution >= 4 is 11.9 Å². The van der Waals surface area contributed by atoms with Crippen molar-refractivity contribution < 1.29 is 14.3 Å². The lowest BCUT2D eigenvalue weighted by atomic mass is 10.1. The van der Waals surface area contributed by atoms with Gasteiger partial charge in [0.15, 0.2) is 6.04 Å². The molecule has 1 aliphatic rings. The van der Waals surface area contributed by atoms with Gasteiger partial charge in [0.25, 0.3) is 0 Å². The Kier molecular flexibility index (Phi) is 4.16. The first-order valence-corrected chi connectivity index (χ1v) is 6.33. The normalized spacial score (nSPS) is 15.7. The zero-order chi connectivity index (χ0) is 13.8. The summed E-state index contributed by atoms with van der Waals surface area (Å²) in [5, 5.41) is 0.999. The van der Waals surface area contributed by atoms with Gasteiger partial charge in [-0.25, -0.2) is 10.6 Å². The van der Waals surface area contributed by atoms with Crippen LogP contribution >= 0.6 is 0 Å². The highest BCUT2D eigenvalue weighted by molar-refractivity contribution is 5.85. The number of esters is 1. The molecule has 0 aliphatic heterocycles. The third kappa shape index (κ3) is 3.32. The van der Waals surface area contributed by atoms with Crippen molar-refractivity contribution in [2.75, 3.05) is 7.11 Å². The fourth-order valence-corrected chi connectivity index (χ4v) is 1.98. The maximum atomic E-state index is 12.0. The Hall–Kier alpha value is -1.88. The molecule has 1 aliphatic carbocycles. The Balaban J connectivity index is 2.16. The molecule has 5 nitrogen and oxygen atoms in total. The van der Waals surface area contributed by atoms with Crippen molar-refractivity contribution in [3.05, 3.63) is 35.9 Å². The van der Waals surface area contributed by atoms with Crippen molar-refractivity contribution in [3.63, 3.8) is 0 Å². The van der Waals surface area contributed by atoms with Crippen molar-refractivity contribution in [2.24, 2.45) is 11.8 Å². The largest absolute Gasteiger partial charge is 0.467 e. The molecule has 0 saturated heterocycles. The predicted molar refractivity (Wildman–Crippen MR) is 69.6 cm³/mol. The number of nitrogens with zero attached hydrogens (tertiary/aromatic N) is 1. The van der Waals surface area contributed by atoms with E-state index in [0.717, 1.165) is 17.9 Å². The van der Waals surface area contributed by atoms with Gasteiger partial charge in [0.2, 0.25) is 5.91 Å². The van der Waals surface area contributed by atoms with Crippen LogP contribution in [-0.2, 0) is 14.3 Å². The number of benzene rings is 1. The van der Waals surface area contributed by atoms with Crippen molar-refractivity contribution in [1.29, 1.82) is 0 Å². The summed E-state index contributed by atoms with van der Waals surface area (Å²) in [5.41, 5.74) is 0.654. The average Bonchev–Trinajstić information content (AvgIpc) is 3.23. The number of carbonyl (C=O) groups is 2. The van der Waals surface area contributed by atoms with E-state index in [1.54, 1.807) is 24.3 Å². The summed E-state index contributed by atoms with van der Waals surface area (Å²) in [7, 11) is 1.29. The Bertz CT molecular complexity index is 457. The molecule has 0 unspecified atom stereocenters. The van der Waals surface area contributed by atoms with Gasteiger partial charge in [-0.3, -0.25) is 9.80 Å². The molecular weight excluding hydrogens is 244 g/mol. The zero-order valence-electron chi connectivity index (χ0n) is 10.9. The molecule has 102 valence electrons. The second-order valence-electron chi connectivity index (χ2n) is 4.78. The molecule has 5 heteroatoms. The third-order valence-electron chi connectivity index (χ3n) is 3.27. The molecule has 1 saturated carbocycles. The van der Waals surface area contributed by atoms with Gasteiger partial charge in [0, 0.05) is 6.42 Å². The topological polar surface area (TPSA) is 72.6 Å². The van der Waals surface area contributed by atoms with Gasteiger partial charge in [0.1, 0.15) is 0 Å². The summed E-state index contributed by atoms with van der Waals surface area (Å²) < 4.78 is 4.75. The molecular formula is C14H18N2O3. The molecule has 1 amide bonds. The van der Waals surface area contributed by atoms with Crippen LogP contribution in [0.5, 0.6) is 0 Å². The summed E-state index contributed by atoms with van der Waals surface area (Å²) in [6.45, 7) is 0. The van der Waals surface area contributed by atoms with E-state index in [1.807, 2.05) is 6.07 Å². The Morgan fingerprint density at radius 3 is 2.53 bits per heavy atom. The van der Waals surface area contributed by atoms with Crippen molar-refractivity contribution in [1.82, 2.24) is 5.01 Å². The minimum atomic E-state index is -0.877. The van der Waals surface area contributed by atoms with Gasteiger partial charge >= 0.3 is 5.97 Å². The van der Waals surface area contributed by atoms with Gasteiger partial charge in [0.05, 0.1) is 7.11 Å². The first-order valence-electron chi connectivity index (χ1n) is 6.33. The lowest BCUT2D eigenvalue weighted by Gasteiger charge is -2.25. The van der Waals surface area contributed by atoms with Crippen molar-refractivity contribution in [3.8, 4) is 0 Å². The highest BCUT2D eigenvalue weighted by Crippen LogP contribution is 2.33. The van der Waals surface area contributed by atoms with Crippen LogP contribution in [-0.4, -0.2) is 24.0 Å². The number of carbonyl (C=O) groups excluding carboxylic acids is 2. The second-order valence-corrected chi connectivity index (χ2v) is 4.78. The highest BCUT2D eigenvalue weighted by Gasteiger charge is 2.33. The van der Waals surface area contributed by atoms with Crippen LogP contribution in [0.15, 0.2) is 30.3 Å². The summed E-state index contributed by atoms with van der Waals surface area (Å²) in [6.07, 6.45) is 2.53. The summed E-state index contributed by atoms with van der Waals surface area (Å²) in [6, 6.07) is 8.06. The van der Waals surface area contributed by atoms with Crippen LogP contribution in [0.3, 0.4) is 0 Å². The number of methoxy groups -OCH3 is 1. The van der Waals surface area contributed by atoms with E-state index in [9.17, 15) is 9.59 Å². The number of hydrogen-bond acceptors (Lipinski definition) is 4. The second kappa shape index (κ2) is 5.84. The maximum absolute atomic E-state index is 12.0. The van der Waals surface area contributed by atoms with Gasteiger partial charge < -0.3 is 4.74 Å². The number of ether oxygens (including phenoxy) is 1. The number of hydrogen-bond donors (Lipinski definition) is 1. The number of nitrogens with two attached hydrogens (primary N) is 1. The van der Waals surface area contributed by atoms with Gasteiger partial charge in [-0.1, -0.05) is 30.3 Å². The summed E-state index contributed by atoms with van der Waals surface area (Å²) in [4.78, 5) is 23.9. The van der Waals surface area contributed by atoms with Crippen molar-refractivity contribution in [2.45, 2.75) is 25.3 Å². The fourth-order valence-electron chi connectivity index (χ4n) is 1.98. The minimum absolute atomic E-state index is 0.221. The van der Waals surface area contributed by atoms with Crippen LogP contribution in [0.4, 0.5) is 0 Å². The molecule has 2 rings (SSSR count). The molecule has 0 heterocycles. The van der Waals surface area contributed by atoms with Crippen LogP contribution in [0.2, 0.25) is 0 Å². The maximum Gasteiger partial charge on any atom is 0.334 e. The molecule has 0 bridgehead atoms. The molecule has 0 spiro atoms. The first kappa shape index (κ1) is 13.5. The van der Waals surface area contributed by atoms with E-state index in [0.29, 0.717) is 17.9 Å². The monoisotopic (exact) mass is 262 g/mol. The Morgan fingerprint density at radius 1 is 1.37 bits per heavy atom. The lowest BCUT2D eigenvalue weighted by Crippen LogP contribution is -2.44. The molecule has 19 heavy (non-hydrogen) atoms. The van der Waals surface area contributed by atoms with E-state index >= 15 is 0 Å². The molecule has 1 atom stereocenters. The van der Waals surface area contributed by atoms with Crippen LogP contribution in [0.25, 0.3) is 0 Å². The average molecular weight is 262 g/mol. The zero-order valence-corrected chi connectivity index (χ0v) is 10.9. The quantitative estimate of drug-likeness (QED) is 0.377. The molecule has 1 aromatic carbocycles. The minimum Gasteiger partial charge on any atom is -0.467 e. The standard InChI is InChI=1S/C14H18N2O3/c1-19-14(18)13(11-5-3-2-4-6-11)16(15)12(17)9-10-7-8-10/h2-6,10,13H,7-9,15H2,1H3/t13-/m0/s1. The number of amides is 1. The Labute approximate surface area is 112 Å². The third-order valence-corrected chi connectivity index (χ3v) is 3.27. The smallest absolute Gasteiger partial charge is 0.334 e. The van der Waals surface area contributed by atoms with E-state index in [-0.39, 0.29) is 5.91 Å². The van der Waals surface area contributed by atoms with E-state index < -0.39 is 12.0 Å². The van der Waals surface area contributed by atoms with Gasteiger partial charge in [-0.05, 0) is 24.3 Å². The van der Waals surface area contributed by atoms with E-state index in [4.69, 9.17) is 10.6 Å². The van der Waals surface area contributed by atoms with Gasteiger partial charge in [-0.15, -0.1) is 0 Å². The molecule has 0 aromatic heterocycles. The summed E-state index contributed by atoms with van der Waals surface area (Å²) in [5.74, 6) is 5.50. The Morgan fingerprint density at radius 2 is 2.00 bits per heavy atom. The number of hydrazine groups is 1. The molecule has 0 radical (unpaired) electrons. The van der Waals surface area contributed by atoms with Crippen LogP contribution in [0, 0.1) is 5.92 Å². The van der Waals surface area contributed by atoms with Crippen LogP contribution in [0.1, 0.15) is 30.9 Å². The molecule has 2 N–H and O–H groups in total. The summed E-state index contributed by atoms with van der Waals surface area (Å²) >= 11 is 0. The van der Waals surface area contributed by atoms with Gasteiger partial charge in [-0.2, -0.15) is 0 Å². The SMILES string of the molecule is COC(=O)[C@H](c1ccccc1)N(N)C(=O)CC1CC1. The van der Waals surface area contributed by atoms with Crippen LogP contribution < -0.4 is 5.84 Å². The predicted octanol–water partition coefficient (Wildman–Crippen LogP) is 1.40. The van der Waals surface area contributed by atoms with E-state index in [1.165, 1.54) is 7.11 Å². The first-order chi connectivity index (χ1) is 9.13.